The van der Waals surface area contributed by atoms with Crippen molar-refractivity contribution in [2.24, 2.45) is 5.14 Å². The lowest BCUT2D eigenvalue weighted by atomic mass is 10.1. The fourth-order valence-corrected chi connectivity index (χ4v) is 2.12. The Labute approximate surface area is 111 Å². The molecule has 100 valence electrons. The van der Waals surface area contributed by atoms with Gasteiger partial charge in [-0.1, -0.05) is 12.1 Å². The number of sulfonamides is 1. The Bertz CT molecular complexity index is 514. The summed E-state index contributed by atoms with van der Waals surface area (Å²) in [6.07, 6.45) is 0.251. The van der Waals surface area contributed by atoms with Crippen molar-refractivity contribution < 1.29 is 13.2 Å². The first kappa shape index (κ1) is 14.9. The zero-order valence-corrected chi connectivity index (χ0v) is 11.5. The summed E-state index contributed by atoms with van der Waals surface area (Å²) in [7, 11) is -3.68. The van der Waals surface area contributed by atoms with Gasteiger partial charge in [-0.15, -0.1) is 11.6 Å². The van der Waals surface area contributed by atoms with Crippen LogP contribution in [0.5, 0.6) is 0 Å². The molecule has 0 aromatic heterocycles. The van der Waals surface area contributed by atoms with Crippen LogP contribution in [0.3, 0.4) is 0 Å². The van der Waals surface area contributed by atoms with E-state index in [1.165, 1.54) is 12.1 Å². The molecule has 1 atom stereocenters. The Morgan fingerprint density at radius 2 is 1.94 bits per heavy atom. The van der Waals surface area contributed by atoms with Crippen molar-refractivity contribution in [2.45, 2.75) is 24.3 Å². The van der Waals surface area contributed by atoms with Crippen molar-refractivity contribution in [2.75, 3.05) is 5.88 Å². The summed E-state index contributed by atoms with van der Waals surface area (Å²) >= 11 is 5.46. The van der Waals surface area contributed by atoms with Crippen LogP contribution in [0.2, 0.25) is 0 Å². The molecule has 0 saturated carbocycles. The lowest BCUT2D eigenvalue weighted by Gasteiger charge is -2.14. The molecular weight excluding hydrogens is 276 g/mol. The number of amides is 1. The average Bonchev–Trinajstić information content (AvgIpc) is 2.28. The largest absolute Gasteiger partial charge is 0.350 e. The number of alkyl halides is 1. The molecule has 7 heteroatoms. The first-order chi connectivity index (χ1) is 8.34. The summed E-state index contributed by atoms with van der Waals surface area (Å²) in [6, 6.07) is 5.84. The van der Waals surface area contributed by atoms with Crippen molar-refractivity contribution in [3.05, 3.63) is 29.8 Å². The molecular formula is C11H15ClN2O3S. The van der Waals surface area contributed by atoms with Gasteiger partial charge in [-0.25, -0.2) is 13.6 Å². The molecule has 0 heterocycles. The van der Waals surface area contributed by atoms with Gasteiger partial charge in [0.25, 0.3) is 0 Å². The predicted molar refractivity (Wildman–Crippen MR) is 69.7 cm³/mol. The lowest BCUT2D eigenvalue weighted by Crippen LogP contribution is -2.26. The number of halogens is 1. The second-order valence-corrected chi connectivity index (χ2v) is 5.78. The molecule has 1 aromatic carbocycles. The highest BCUT2D eigenvalue weighted by atomic mass is 35.5. The molecule has 1 unspecified atom stereocenters. The molecule has 0 aliphatic heterocycles. The molecule has 18 heavy (non-hydrogen) atoms. The van der Waals surface area contributed by atoms with E-state index >= 15 is 0 Å². The number of hydrogen-bond acceptors (Lipinski definition) is 3. The lowest BCUT2D eigenvalue weighted by molar-refractivity contribution is -0.121. The van der Waals surface area contributed by atoms with Crippen LogP contribution in [0.15, 0.2) is 29.2 Å². The molecule has 0 aliphatic carbocycles. The van der Waals surface area contributed by atoms with Crippen LogP contribution in [0.4, 0.5) is 0 Å². The quantitative estimate of drug-likeness (QED) is 0.797. The van der Waals surface area contributed by atoms with Crippen molar-refractivity contribution >= 4 is 27.5 Å². The number of nitrogens with two attached hydrogens (primary N) is 1. The standard InChI is InChI=1S/C11H15ClN2O3S/c1-8(14-11(15)6-7-12)9-2-4-10(5-3-9)18(13,16)17/h2-5,8H,6-7H2,1H3,(H,14,15)(H2,13,16,17). The van der Waals surface area contributed by atoms with E-state index in [2.05, 4.69) is 5.32 Å². The van der Waals surface area contributed by atoms with Crippen molar-refractivity contribution in [1.29, 1.82) is 0 Å². The van der Waals surface area contributed by atoms with Crippen LogP contribution in [0.1, 0.15) is 24.9 Å². The minimum absolute atomic E-state index is 0.0468. The Morgan fingerprint density at radius 1 is 1.39 bits per heavy atom. The third-order valence-corrected chi connectivity index (χ3v) is 3.53. The number of benzene rings is 1. The van der Waals surface area contributed by atoms with E-state index < -0.39 is 10.0 Å². The van der Waals surface area contributed by atoms with Gasteiger partial charge in [0.05, 0.1) is 10.9 Å². The molecule has 0 spiro atoms. The van der Waals surface area contributed by atoms with Crippen molar-refractivity contribution in [3.8, 4) is 0 Å². The van der Waals surface area contributed by atoms with Crippen LogP contribution in [-0.2, 0) is 14.8 Å². The first-order valence-electron chi connectivity index (χ1n) is 5.32. The number of hydrogen-bond donors (Lipinski definition) is 2. The second kappa shape index (κ2) is 6.17. The molecule has 1 amide bonds. The highest BCUT2D eigenvalue weighted by molar-refractivity contribution is 7.89. The highest BCUT2D eigenvalue weighted by Crippen LogP contribution is 2.15. The van der Waals surface area contributed by atoms with Crippen LogP contribution in [0, 0.1) is 0 Å². The summed E-state index contributed by atoms with van der Waals surface area (Å²) in [6.45, 7) is 1.80. The summed E-state index contributed by atoms with van der Waals surface area (Å²) in [5.74, 6) is 0.121. The van der Waals surface area contributed by atoms with Gasteiger partial charge >= 0.3 is 0 Å². The van der Waals surface area contributed by atoms with Gasteiger partial charge in [0, 0.05) is 12.3 Å². The van der Waals surface area contributed by atoms with E-state index in [1.54, 1.807) is 19.1 Å². The number of carbonyl (C=O) groups is 1. The zero-order chi connectivity index (χ0) is 13.8. The molecule has 3 N–H and O–H groups in total. The molecule has 5 nitrogen and oxygen atoms in total. The number of carbonyl (C=O) groups excluding carboxylic acids is 1. The third kappa shape index (κ3) is 4.29. The van der Waals surface area contributed by atoms with Crippen LogP contribution >= 0.6 is 11.6 Å². The van der Waals surface area contributed by atoms with E-state index in [-0.39, 0.29) is 29.1 Å². The maximum absolute atomic E-state index is 11.3. The van der Waals surface area contributed by atoms with E-state index in [4.69, 9.17) is 16.7 Å². The van der Waals surface area contributed by atoms with Crippen LogP contribution in [0.25, 0.3) is 0 Å². The SMILES string of the molecule is CC(NC(=O)CCCl)c1ccc(S(N)(=O)=O)cc1. The van der Waals surface area contributed by atoms with Crippen molar-refractivity contribution in [3.63, 3.8) is 0 Å². The minimum atomic E-state index is -3.68. The average molecular weight is 291 g/mol. The number of primary sulfonamides is 1. The summed E-state index contributed by atoms with van der Waals surface area (Å²) in [5, 5.41) is 7.74. The van der Waals surface area contributed by atoms with Crippen LogP contribution < -0.4 is 10.5 Å². The van der Waals surface area contributed by atoms with Gasteiger partial charge in [-0.05, 0) is 24.6 Å². The summed E-state index contributed by atoms with van der Waals surface area (Å²) < 4.78 is 22.1. The van der Waals surface area contributed by atoms with Gasteiger partial charge in [0.1, 0.15) is 0 Å². The molecule has 0 fully saturated rings. The van der Waals surface area contributed by atoms with Gasteiger partial charge in [0.2, 0.25) is 15.9 Å². The van der Waals surface area contributed by atoms with E-state index in [0.29, 0.717) is 0 Å². The summed E-state index contributed by atoms with van der Waals surface area (Å²) in [5.41, 5.74) is 0.797. The fraction of sp³-hybridized carbons (Fsp3) is 0.364. The molecule has 1 rings (SSSR count). The van der Waals surface area contributed by atoms with Gasteiger partial charge in [-0.3, -0.25) is 4.79 Å². The monoisotopic (exact) mass is 290 g/mol. The second-order valence-electron chi connectivity index (χ2n) is 3.84. The highest BCUT2D eigenvalue weighted by Gasteiger charge is 2.11. The Balaban J connectivity index is 2.76. The topological polar surface area (TPSA) is 89.3 Å². The fourth-order valence-electron chi connectivity index (χ4n) is 1.43. The normalized spacial score (nSPS) is 13.1. The molecule has 0 bridgehead atoms. The van der Waals surface area contributed by atoms with E-state index in [0.717, 1.165) is 5.56 Å². The van der Waals surface area contributed by atoms with Gasteiger partial charge in [0.15, 0.2) is 0 Å². The summed E-state index contributed by atoms with van der Waals surface area (Å²) in [4.78, 5) is 11.4. The van der Waals surface area contributed by atoms with Gasteiger partial charge in [-0.2, -0.15) is 0 Å². The Kier molecular flexibility index (Phi) is 5.13. The minimum Gasteiger partial charge on any atom is -0.350 e. The maximum atomic E-state index is 11.3. The zero-order valence-electron chi connectivity index (χ0n) is 9.89. The Hall–Kier alpha value is -1.11. The van der Waals surface area contributed by atoms with Crippen molar-refractivity contribution in [1.82, 2.24) is 5.32 Å². The van der Waals surface area contributed by atoms with Gasteiger partial charge < -0.3 is 5.32 Å². The molecule has 0 saturated heterocycles. The maximum Gasteiger partial charge on any atom is 0.238 e. The smallest absolute Gasteiger partial charge is 0.238 e. The van der Waals surface area contributed by atoms with E-state index in [1.807, 2.05) is 0 Å². The van der Waals surface area contributed by atoms with Crippen LogP contribution in [-0.4, -0.2) is 20.2 Å². The molecule has 1 aromatic rings. The molecule has 0 radical (unpaired) electrons. The number of nitrogens with one attached hydrogen (secondary N) is 1. The predicted octanol–water partition coefficient (Wildman–Crippen LogP) is 1.14. The molecule has 0 aliphatic rings. The van der Waals surface area contributed by atoms with E-state index in [9.17, 15) is 13.2 Å². The number of rotatable bonds is 5. The Morgan fingerprint density at radius 3 is 2.39 bits per heavy atom. The third-order valence-electron chi connectivity index (χ3n) is 2.41. The first-order valence-corrected chi connectivity index (χ1v) is 7.41.